The molecule has 6 heteroatoms. The van der Waals surface area contributed by atoms with E-state index in [0.29, 0.717) is 11.4 Å². The molecule has 2 N–H and O–H groups in total. The minimum Gasteiger partial charge on any atom is -0.322 e. The van der Waals surface area contributed by atoms with Crippen LogP contribution in [0.4, 0.5) is 11.4 Å². The molecule has 144 valence electrons. The van der Waals surface area contributed by atoms with E-state index in [1.807, 2.05) is 48.5 Å². The Balaban J connectivity index is 1.77. The number of carbonyl (C=O) groups excluding carboxylic acids is 2. The number of benzene rings is 2. The Kier molecular flexibility index (Phi) is 5.89. The summed E-state index contributed by atoms with van der Waals surface area (Å²) >= 11 is 0. The van der Waals surface area contributed by atoms with Crippen LogP contribution in [-0.4, -0.2) is 21.6 Å². The molecule has 1 aromatic heterocycles. The summed E-state index contributed by atoms with van der Waals surface area (Å²) in [5.74, 6) is -0.750. The van der Waals surface area contributed by atoms with E-state index in [1.165, 1.54) is 22.0 Å². The minimum atomic E-state index is -0.379. The van der Waals surface area contributed by atoms with Crippen molar-refractivity contribution in [1.29, 1.82) is 0 Å². The van der Waals surface area contributed by atoms with E-state index in [9.17, 15) is 9.59 Å². The standard InChI is InChI=1S/C22H24N4O2/c1-4-15-6-10-17(11-7-15)24-21(27)19-14-23-26(3)20(19)22(28)25-18-12-8-16(5-2)9-13-18/h6-14H,4-5H2,1-3H3,(H,24,27)(H,25,28). The van der Waals surface area contributed by atoms with E-state index in [2.05, 4.69) is 29.6 Å². The summed E-state index contributed by atoms with van der Waals surface area (Å²) < 4.78 is 1.41. The minimum absolute atomic E-state index is 0.210. The molecular weight excluding hydrogens is 352 g/mol. The van der Waals surface area contributed by atoms with Crippen LogP contribution in [0.25, 0.3) is 0 Å². The van der Waals surface area contributed by atoms with Gasteiger partial charge in [-0.05, 0) is 48.2 Å². The fraction of sp³-hybridized carbons (Fsp3) is 0.227. The highest BCUT2D eigenvalue weighted by Crippen LogP contribution is 2.16. The topological polar surface area (TPSA) is 76.0 Å². The van der Waals surface area contributed by atoms with E-state index < -0.39 is 0 Å². The Hall–Kier alpha value is -3.41. The van der Waals surface area contributed by atoms with Crippen LogP contribution in [0.5, 0.6) is 0 Å². The molecule has 0 saturated heterocycles. The number of amides is 2. The largest absolute Gasteiger partial charge is 0.322 e. The number of rotatable bonds is 6. The molecule has 3 aromatic rings. The predicted octanol–water partition coefficient (Wildman–Crippen LogP) is 4.05. The smallest absolute Gasteiger partial charge is 0.274 e. The van der Waals surface area contributed by atoms with Gasteiger partial charge in [0, 0.05) is 18.4 Å². The first-order chi connectivity index (χ1) is 13.5. The molecule has 2 aromatic carbocycles. The number of nitrogens with zero attached hydrogens (tertiary/aromatic N) is 2. The second-order valence-corrected chi connectivity index (χ2v) is 6.54. The Morgan fingerprint density at radius 3 is 1.75 bits per heavy atom. The maximum absolute atomic E-state index is 12.8. The van der Waals surface area contributed by atoms with Gasteiger partial charge in [0.2, 0.25) is 0 Å². The van der Waals surface area contributed by atoms with Crippen molar-refractivity contribution in [1.82, 2.24) is 9.78 Å². The zero-order valence-electron chi connectivity index (χ0n) is 16.3. The number of anilines is 2. The normalized spacial score (nSPS) is 10.5. The average molecular weight is 376 g/mol. The first kappa shape index (κ1) is 19.4. The first-order valence-electron chi connectivity index (χ1n) is 9.34. The SMILES string of the molecule is CCc1ccc(NC(=O)c2cnn(C)c2C(=O)Nc2ccc(CC)cc2)cc1. The zero-order chi connectivity index (χ0) is 20.1. The molecule has 3 rings (SSSR count). The van der Waals surface area contributed by atoms with Gasteiger partial charge >= 0.3 is 0 Å². The van der Waals surface area contributed by atoms with Crippen LogP contribution in [-0.2, 0) is 19.9 Å². The van der Waals surface area contributed by atoms with E-state index in [4.69, 9.17) is 0 Å². The maximum atomic E-state index is 12.8. The fourth-order valence-electron chi connectivity index (χ4n) is 2.91. The van der Waals surface area contributed by atoms with Crippen molar-refractivity contribution in [3.63, 3.8) is 0 Å². The molecule has 0 aliphatic carbocycles. The zero-order valence-corrected chi connectivity index (χ0v) is 16.3. The van der Waals surface area contributed by atoms with Crippen molar-refractivity contribution in [2.24, 2.45) is 7.05 Å². The monoisotopic (exact) mass is 376 g/mol. The number of aromatic nitrogens is 2. The molecule has 0 atom stereocenters. The van der Waals surface area contributed by atoms with Crippen LogP contribution < -0.4 is 10.6 Å². The van der Waals surface area contributed by atoms with Gasteiger partial charge in [-0.25, -0.2) is 0 Å². The van der Waals surface area contributed by atoms with Crippen molar-refractivity contribution in [3.05, 3.63) is 77.1 Å². The second kappa shape index (κ2) is 8.52. The third-order valence-electron chi connectivity index (χ3n) is 4.64. The van der Waals surface area contributed by atoms with Crippen molar-refractivity contribution in [3.8, 4) is 0 Å². The fourth-order valence-corrected chi connectivity index (χ4v) is 2.91. The summed E-state index contributed by atoms with van der Waals surface area (Å²) in [7, 11) is 1.64. The van der Waals surface area contributed by atoms with E-state index in [0.717, 1.165) is 12.8 Å². The highest BCUT2D eigenvalue weighted by Gasteiger charge is 2.22. The number of carbonyl (C=O) groups is 2. The molecular formula is C22H24N4O2. The highest BCUT2D eigenvalue weighted by atomic mass is 16.2. The summed E-state index contributed by atoms with van der Waals surface area (Å²) in [6.45, 7) is 4.15. The van der Waals surface area contributed by atoms with Gasteiger partial charge in [0.1, 0.15) is 5.69 Å². The molecule has 28 heavy (non-hydrogen) atoms. The van der Waals surface area contributed by atoms with Gasteiger partial charge in [-0.1, -0.05) is 38.1 Å². The lowest BCUT2D eigenvalue weighted by molar-refractivity contribution is 0.0985. The molecule has 2 amide bonds. The van der Waals surface area contributed by atoms with Crippen LogP contribution >= 0.6 is 0 Å². The lowest BCUT2D eigenvalue weighted by atomic mass is 10.1. The Morgan fingerprint density at radius 1 is 0.821 bits per heavy atom. The highest BCUT2D eigenvalue weighted by molar-refractivity contribution is 6.14. The summed E-state index contributed by atoms with van der Waals surface area (Å²) in [5.41, 5.74) is 4.16. The van der Waals surface area contributed by atoms with Crippen molar-refractivity contribution >= 4 is 23.2 Å². The third-order valence-corrected chi connectivity index (χ3v) is 4.64. The van der Waals surface area contributed by atoms with Gasteiger partial charge in [0.15, 0.2) is 0 Å². The molecule has 0 unspecified atom stereocenters. The molecule has 0 spiro atoms. The number of hydrogen-bond donors (Lipinski definition) is 2. The van der Waals surface area contributed by atoms with Crippen LogP contribution in [0.15, 0.2) is 54.7 Å². The quantitative estimate of drug-likeness (QED) is 0.681. The van der Waals surface area contributed by atoms with Crippen molar-refractivity contribution in [2.45, 2.75) is 26.7 Å². The molecule has 0 fully saturated rings. The van der Waals surface area contributed by atoms with Crippen LogP contribution in [0, 0.1) is 0 Å². The summed E-state index contributed by atoms with van der Waals surface area (Å²) in [5, 5.41) is 9.75. The van der Waals surface area contributed by atoms with E-state index in [1.54, 1.807) is 7.05 Å². The molecule has 0 bridgehead atoms. The van der Waals surface area contributed by atoms with Crippen molar-refractivity contribution in [2.75, 3.05) is 10.6 Å². The van der Waals surface area contributed by atoms with Gasteiger partial charge < -0.3 is 10.6 Å². The Labute approximate surface area is 164 Å². The molecule has 0 aliphatic rings. The summed E-state index contributed by atoms with van der Waals surface area (Å²) in [6, 6.07) is 15.3. The van der Waals surface area contributed by atoms with Crippen molar-refractivity contribution < 1.29 is 9.59 Å². The van der Waals surface area contributed by atoms with Crippen LogP contribution in [0.3, 0.4) is 0 Å². The predicted molar refractivity (Wildman–Crippen MR) is 111 cm³/mol. The van der Waals surface area contributed by atoms with Gasteiger partial charge in [0.05, 0.1) is 11.8 Å². The van der Waals surface area contributed by atoms with Gasteiger partial charge in [0.25, 0.3) is 11.8 Å². The van der Waals surface area contributed by atoms with E-state index >= 15 is 0 Å². The maximum Gasteiger partial charge on any atom is 0.274 e. The summed E-state index contributed by atoms with van der Waals surface area (Å²) in [4.78, 5) is 25.5. The average Bonchev–Trinajstić information content (AvgIpc) is 3.11. The second-order valence-electron chi connectivity index (χ2n) is 6.54. The molecule has 0 saturated carbocycles. The van der Waals surface area contributed by atoms with Crippen LogP contribution in [0.2, 0.25) is 0 Å². The molecule has 1 heterocycles. The molecule has 0 aliphatic heterocycles. The van der Waals surface area contributed by atoms with Crippen LogP contribution in [0.1, 0.15) is 45.8 Å². The summed E-state index contributed by atoms with van der Waals surface area (Å²) in [6.07, 6.45) is 3.27. The lowest BCUT2D eigenvalue weighted by Gasteiger charge is -2.09. The molecule has 0 radical (unpaired) electrons. The Bertz CT molecular complexity index is 973. The first-order valence-corrected chi connectivity index (χ1v) is 9.34. The van der Waals surface area contributed by atoms with E-state index in [-0.39, 0.29) is 23.1 Å². The van der Waals surface area contributed by atoms with Gasteiger partial charge in [-0.15, -0.1) is 0 Å². The van der Waals surface area contributed by atoms with Gasteiger partial charge in [-0.2, -0.15) is 5.10 Å². The number of hydrogen-bond acceptors (Lipinski definition) is 3. The third kappa shape index (κ3) is 4.28. The number of nitrogens with one attached hydrogen (secondary N) is 2. The van der Waals surface area contributed by atoms with Gasteiger partial charge in [-0.3, -0.25) is 14.3 Å². The number of aryl methyl sites for hydroxylation is 3. The molecule has 6 nitrogen and oxygen atoms in total. The Morgan fingerprint density at radius 2 is 1.29 bits per heavy atom. The lowest BCUT2D eigenvalue weighted by Crippen LogP contribution is -2.22.